The van der Waals surface area contributed by atoms with Crippen LogP contribution in [0.15, 0.2) is 18.2 Å². The monoisotopic (exact) mass is 281 g/mol. The van der Waals surface area contributed by atoms with E-state index in [1.165, 1.54) is 0 Å². The van der Waals surface area contributed by atoms with E-state index in [-0.39, 0.29) is 11.3 Å². The minimum atomic E-state index is -0.0808. The van der Waals surface area contributed by atoms with Crippen molar-refractivity contribution in [2.24, 2.45) is 5.92 Å². The second kappa shape index (κ2) is 6.29. The third kappa shape index (κ3) is 3.03. The highest BCUT2D eigenvalue weighted by Crippen LogP contribution is 2.35. The fourth-order valence-electron chi connectivity index (χ4n) is 2.42. The zero-order valence-corrected chi connectivity index (χ0v) is 12.2. The molecule has 3 nitrogen and oxygen atoms in total. The number of benzene rings is 1. The molecule has 1 aromatic rings. The highest BCUT2D eigenvalue weighted by Gasteiger charge is 2.22. The van der Waals surface area contributed by atoms with E-state index in [4.69, 9.17) is 16.3 Å². The molecular formula is C15H20ClNO2. The number of nitrogens with one attached hydrogen (secondary N) is 1. The Labute approximate surface area is 119 Å². The van der Waals surface area contributed by atoms with Crippen LogP contribution in [-0.2, 0) is 0 Å². The first-order valence-corrected chi connectivity index (χ1v) is 7.30. The lowest BCUT2D eigenvalue weighted by molar-refractivity contribution is 0.0957. The molecule has 19 heavy (non-hydrogen) atoms. The van der Waals surface area contributed by atoms with Crippen LogP contribution in [0.25, 0.3) is 0 Å². The summed E-state index contributed by atoms with van der Waals surface area (Å²) < 4.78 is 5.54. The summed E-state index contributed by atoms with van der Waals surface area (Å²) in [5, 5.41) is 2.76. The van der Waals surface area contributed by atoms with Gasteiger partial charge < -0.3 is 10.1 Å². The van der Waals surface area contributed by atoms with Crippen LogP contribution in [-0.4, -0.2) is 19.1 Å². The average molecular weight is 282 g/mol. The average Bonchev–Trinajstić information content (AvgIpc) is 2.62. The maximum atomic E-state index is 12.0. The number of amides is 1. The van der Waals surface area contributed by atoms with E-state index in [1.54, 1.807) is 0 Å². The van der Waals surface area contributed by atoms with E-state index >= 15 is 0 Å². The van der Waals surface area contributed by atoms with Gasteiger partial charge in [-0.25, -0.2) is 0 Å². The molecule has 4 heteroatoms. The second-order valence-electron chi connectivity index (χ2n) is 4.84. The Hall–Kier alpha value is -1.22. The predicted octanol–water partition coefficient (Wildman–Crippen LogP) is 3.52. The van der Waals surface area contributed by atoms with Crippen molar-refractivity contribution in [1.82, 2.24) is 5.32 Å². The molecule has 0 fully saturated rings. The SMILES string of the molecule is CCC(CC)C(Cl)c1ccc2c(c1)C(=O)NCCO2. The van der Waals surface area contributed by atoms with Gasteiger partial charge in [-0.05, 0) is 23.6 Å². The van der Waals surface area contributed by atoms with Gasteiger partial charge >= 0.3 is 0 Å². The fraction of sp³-hybridized carbons (Fsp3) is 0.533. The zero-order chi connectivity index (χ0) is 13.8. The molecule has 1 amide bonds. The standard InChI is InChI=1S/C15H20ClNO2/c1-3-10(4-2)14(16)11-5-6-13-12(9-11)15(18)17-7-8-19-13/h5-6,9-10,14H,3-4,7-8H2,1-2H3,(H,17,18). The van der Waals surface area contributed by atoms with Gasteiger partial charge in [0.15, 0.2) is 0 Å². The van der Waals surface area contributed by atoms with Crippen molar-refractivity contribution in [3.8, 4) is 5.75 Å². The highest BCUT2D eigenvalue weighted by molar-refractivity contribution is 6.21. The molecule has 1 heterocycles. The number of hydrogen-bond acceptors (Lipinski definition) is 2. The van der Waals surface area contributed by atoms with E-state index < -0.39 is 0 Å². The minimum absolute atomic E-state index is 0.0589. The van der Waals surface area contributed by atoms with Gasteiger partial charge in [-0.2, -0.15) is 0 Å². The molecule has 0 aliphatic carbocycles. The van der Waals surface area contributed by atoms with Crippen molar-refractivity contribution >= 4 is 17.5 Å². The van der Waals surface area contributed by atoms with Crippen molar-refractivity contribution < 1.29 is 9.53 Å². The van der Waals surface area contributed by atoms with Gasteiger partial charge in [0, 0.05) is 0 Å². The Morgan fingerprint density at radius 3 is 2.79 bits per heavy atom. The number of halogens is 1. The van der Waals surface area contributed by atoms with Gasteiger partial charge in [-0.3, -0.25) is 4.79 Å². The van der Waals surface area contributed by atoms with Gasteiger partial charge in [-0.15, -0.1) is 11.6 Å². The number of fused-ring (bicyclic) bond motifs is 1. The quantitative estimate of drug-likeness (QED) is 0.858. The normalized spacial score (nSPS) is 16.3. The topological polar surface area (TPSA) is 38.3 Å². The number of rotatable bonds is 4. The molecule has 1 atom stereocenters. The maximum absolute atomic E-state index is 12.0. The van der Waals surface area contributed by atoms with Gasteiger partial charge in [0.1, 0.15) is 12.4 Å². The molecule has 1 aliphatic rings. The van der Waals surface area contributed by atoms with Crippen LogP contribution in [0.3, 0.4) is 0 Å². The van der Waals surface area contributed by atoms with Crippen LogP contribution < -0.4 is 10.1 Å². The molecule has 0 radical (unpaired) electrons. The number of alkyl halides is 1. The summed E-state index contributed by atoms with van der Waals surface area (Å²) in [6.45, 7) is 5.33. The molecule has 2 rings (SSSR count). The third-order valence-corrected chi connectivity index (χ3v) is 4.28. The van der Waals surface area contributed by atoms with Crippen molar-refractivity contribution in [1.29, 1.82) is 0 Å². The van der Waals surface area contributed by atoms with Crippen molar-refractivity contribution in [2.75, 3.05) is 13.2 Å². The molecule has 0 saturated carbocycles. The van der Waals surface area contributed by atoms with Crippen molar-refractivity contribution in [3.63, 3.8) is 0 Å². The zero-order valence-electron chi connectivity index (χ0n) is 11.4. The van der Waals surface area contributed by atoms with Crippen molar-refractivity contribution in [2.45, 2.75) is 32.1 Å². The Morgan fingerprint density at radius 2 is 2.11 bits per heavy atom. The van der Waals surface area contributed by atoms with Gasteiger partial charge in [0.25, 0.3) is 5.91 Å². The molecule has 1 N–H and O–H groups in total. The van der Waals surface area contributed by atoms with Gasteiger partial charge in [-0.1, -0.05) is 32.8 Å². The fourth-order valence-corrected chi connectivity index (χ4v) is 2.91. The summed E-state index contributed by atoms with van der Waals surface area (Å²) in [4.78, 5) is 12.0. The lowest BCUT2D eigenvalue weighted by atomic mass is 9.93. The van der Waals surface area contributed by atoms with Crippen LogP contribution in [0.2, 0.25) is 0 Å². The second-order valence-corrected chi connectivity index (χ2v) is 5.31. The van der Waals surface area contributed by atoms with Crippen LogP contribution in [0.5, 0.6) is 5.75 Å². The number of carbonyl (C=O) groups is 1. The minimum Gasteiger partial charge on any atom is -0.491 e. The molecule has 1 unspecified atom stereocenters. The Balaban J connectivity index is 2.31. The summed E-state index contributed by atoms with van der Waals surface area (Å²) in [6, 6.07) is 5.69. The first-order chi connectivity index (χ1) is 9.17. The molecule has 0 saturated heterocycles. The third-order valence-electron chi connectivity index (χ3n) is 3.67. The summed E-state index contributed by atoms with van der Waals surface area (Å²) in [7, 11) is 0. The van der Waals surface area contributed by atoms with Crippen LogP contribution in [0.1, 0.15) is 48.0 Å². The number of ether oxygens (including phenoxy) is 1. The molecular weight excluding hydrogens is 262 g/mol. The molecule has 104 valence electrons. The molecule has 1 aliphatic heterocycles. The summed E-state index contributed by atoms with van der Waals surface area (Å²) in [5.74, 6) is 0.990. The summed E-state index contributed by atoms with van der Waals surface area (Å²) in [6.07, 6.45) is 2.06. The van der Waals surface area contributed by atoms with Crippen LogP contribution in [0, 0.1) is 5.92 Å². The Bertz CT molecular complexity index is 457. The van der Waals surface area contributed by atoms with E-state index in [0.717, 1.165) is 18.4 Å². The number of carbonyl (C=O) groups excluding carboxylic acids is 1. The number of hydrogen-bond donors (Lipinski definition) is 1. The first kappa shape index (κ1) is 14.2. The Morgan fingerprint density at radius 1 is 1.37 bits per heavy atom. The predicted molar refractivity (Wildman–Crippen MR) is 76.9 cm³/mol. The van der Waals surface area contributed by atoms with E-state index in [9.17, 15) is 4.79 Å². The van der Waals surface area contributed by atoms with Crippen LogP contribution >= 0.6 is 11.6 Å². The first-order valence-electron chi connectivity index (χ1n) is 6.86. The Kier molecular flexibility index (Phi) is 4.70. The van der Waals surface area contributed by atoms with Crippen molar-refractivity contribution in [3.05, 3.63) is 29.3 Å². The molecule has 0 bridgehead atoms. The summed E-state index contributed by atoms with van der Waals surface area (Å²) in [5.41, 5.74) is 1.58. The lowest BCUT2D eigenvalue weighted by Gasteiger charge is -2.20. The lowest BCUT2D eigenvalue weighted by Crippen LogP contribution is -2.24. The highest BCUT2D eigenvalue weighted by atomic mass is 35.5. The van der Waals surface area contributed by atoms with E-state index in [2.05, 4.69) is 19.2 Å². The maximum Gasteiger partial charge on any atom is 0.255 e. The van der Waals surface area contributed by atoms with Crippen LogP contribution in [0.4, 0.5) is 0 Å². The molecule has 1 aromatic carbocycles. The molecule has 0 aromatic heterocycles. The summed E-state index contributed by atoms with van der Waals surface area (Å²) >= 11 is 6.53. The van der Waals surface area contributed by atoms with E-state index in [0.29, 0.717) is 30.4 Å². The van der Waals surface area contributed by atoms with E-state index in [1.807, 2.05) is 18.2 Å². The molecule has 0 spiro atoms. The van der Waals surface area contributed by atoms with Gasteiger partial charge in [0.05, 0.1) is 17.5 Å². The largest absolute Gasteiger partial charge is 0.491 e. The smallest absolute Gasteiger partial charge is 0.255 e. The van der Waals surface area contributed by atoms with Gasteiger partial charge in [0.2, 0.25) is 0 Å².